The normalized spacial score (nSPS) is 8.36. The molecule has 0 atom stereocenters. The second kappa shape index (κ2) is 12.1. The van der Waals surface area contributed by atoms with Crippen molar-refractivity contribution in [2.24, 2.45) is 0 Å². The summed E-state index contributed by atoms with van der Waals surface area (Å²) in [6.07, 6.45) is 2.37. The average Bonchev–Trinajstić information content (AvgIpc) is 1.67. The molecule has 70 valence electrons. The number of rotatable bonds is 2. The number of carbonyl (C=O) groups excluding carboxylic acids is 1. The fourth-order valence-corrected chi connectivity index (χ4v) is 0.390. The smallest absolute Gasteiger partial charge is 0.0668 e. The van der Waals surface area contributed by atoms with E-state index < -0.39 is 5.97 Å². The first-order valence-electron chi connectivity index (χ1n) is 2.56. The van der Waals surface area contributed by atoms with Crippen molar-refractivity contribution in [1.29, 1.82) is 0 Å². The van der Waals surface area contributed by atoms with Gasteiger partial charge in [-0.25, -0.2) is 0 Å². The van der Waals surface area contributed by atoms with Gasteiger partial charge < -0.3 is 34.6 Å². The van der Waals surface area contributed by atoms with Gasteiger partial charge in [-0.3, -0.25) is 0 Å². The van der Waals surface area contributed by atoms with Gasteiger partial charge in [0.1, 0.15) is 0 Å². The molecular weight excluding hydrogens is 168 g/mol. The third-order valence-corrected chi connectivity index (χ3v) is 0.832. The maximum atomic E-state index is 9.91. The Morgan fingerprint density at radius 2 is 1.82 bits per heavy atom. The van der Waals surface area contributed by atoms with E-state index in [-0.39, 0.29) is 24.7 Å². The summed E-state index contributed by atoms with van der Waals surface area (Å²) in [7, 11) is 0. The van der Waals surface area contributed by atoms with Crippen LogP contribution in [0.3, 0.4) is 0 Å². The average molecular weight is 185 g/mol. The SMILES string of the molecule is CCC=C(C)C(=O)[O-].[Cl-].[NH4+].[NH4+]. The van der Waals surface area contributed by atoms with Crippen molar-refractivity contribution in [3.8, 4) is 0 Å². The number of allylic oxidation sites excluding steroid dienone is 1. The molecule has 0 unspecified atom stereocenters. The van der Waals surface area contributed by atoms with Crippen molar-refractivity contribution in [2.75, 3.05) is 0 Å². The Morgan fingerprint density at radius 3 is 1.91 bits per heavy atom. The quantitative estimate of drug-likeness (QED) is 0.477. The number of hydrogen-bond acceptors (Lipinski definition) is 2. The number of hydrogen-bond donors (Lipinski definition) is 2. The van der Waals surface area contributed by atoms with Gasteiger partial charge in [0, 0.05) is 0 Å². The van der Waals surface area contributed by atoms with E-state index in [4.69, 9.17) is 0 Å². The van der Waals surface area contributed by atoms with Crippen LogP contribution >= 0.6 is 0 Å². The number of carboxylic acids is 1. The van der Waals surface area contributed by atoms with Crippen molar-refractivity contribution in [2.45, 2.75) is 20.3 Å². The molecule has 0 bridgehead atoms. The van der Waals surface area contributed by atoms with Gasteiger partial charge >= 0.3 is 0 Å². The van der Waals surface area contributed by atoms with Gasteiger partial charge in [-0.15, -0.1) is 0 Å². The zero-order valence-corrected chi connectivity index (χ0v) is 8.23. The van der Waals surface area contributed by atoms with Crippen molar-refractivity contribution in [3.05, 3.63) is 11.6 Å². The highest BCUT2D eigenvalue weighted by Crippen LogP contribution is 1.90. The molecule has 0 aromatic heterocycles. The molecule has 0 spiro atoms. The fraction of sp³-hybridized carbons (Fsp3) is 0.500. The summed E-state index contributed by atoms with van der Waals surface area (Å²) < 4.78 is 0. The number of halogens is 1. The van der Waals surface area contributed by atoms with E-state index >= 15 is 0 Å². The third kappa shape index (κ3) is 12.6. The molecule has 0 saturated carbocycles. The van der Waals surface area contributed by atoms with Gasteiger partial charge in [0.15, 0.2) is 0 Å². The van der Waals surface area contributed by atoms with Crippen LogP contribution in [0.4, 0.5) is 0 Å². The van der Waals surface area contributed by atoms with E-state index in [0.29, 0.717) is 5.57 Å². The summed E-state index contributed by atoms with van der Waals surface area (Å²) in [6, 6.07) is 0. The van der Waals surface area contributed by atoms with Crippen LogP contribution in [0.15, 0.2) is 11.6 Å². The van der Waals surface area contributed by atoms with Crippen molar-refractivity contribution < 1.29 is 22.3 Å². The van der Waals surface area contributed by atoms with Crippen molar-refractivity contribution in [3.63, 3.8) is 0 Å². The molecule has 0 aromatic carbocycles. The van der Waals surface area contributed by atoms with E-state index in [1.807, 2.05) is 6.92 Å². The molecule has 0 aliphatic rings. The van der Waals surface area contributed by atoms with E-state index in [0.717, 1.165) is 6.42 Å². The van der Waals surface area contributed by atoms with E-state index in [1.54, 1.807) is 6.08 Å². The Hall–Kier alpha value is -0.580. The molecule has 0 radical (unpaired) electrons. The summed E-state index contributed by atoms with van der Waals surface area (Å²) in [6.45, 7) is 3.41. The monoisotopic (exact) mass is 184 g/mol. The molecule has 0 aliphatic heterocycles. The molecule has 4 nitrogen and oxygen atoms in total. The molecular formula is C6H17ClN2O2. The van der Waals surface area contributed by atoms with Gasteiger partial charge in [-0.1, -0.05) is 13.0 Å². The Kier molecular flexibility index (Phi) is 24.7. The first kappa shape index (κ1) is 22.4. The molecule has 11 heavy (non-hydrogen) atoms. The summed E-state index contributed by atoms with van der Waals surface area (Å²) in [5.74, 6) is -1.08. The second-order valence-electron chi connectivity index (χ2n) is 1.58. The van der Waals surface area contributed by atoms with Crippen LogP contribution < -0.4 is 29.8 Å². The number of aliphatic carboxylic acids is 1. The first-order valence-corrected chi connectivity index (χ1v) is 2.56. The molecule has 5 heteroatoms. The molecule has 0 aliphatic carbocycles. The van der Waals surface area contributed by atoms with Crippen LogP contribution in [0.1, 0.15) is 20.3 Å². The molecule has 0 rings (SSSR count). The highest BCUT2D eigenvalue weighted by Gasteiger charge is 1.83. The predicted octanol–water partition coefficient (Wildman–Crippen LogP) is -2.15. The lowest BCUT2D eigenvalue weighted by Gasteiger charge is -1.97. The maximum Gasteiger partial charge on any atom is 0.0668 e. The summed E-state index contributed by atoms with van der Waals surface area (Å²) in [5.41, 5.74) is 0.313. The molecule has 0 fully saturated rings. The lowest BCUT2D eigenvalue weighted by atomic mass is 10.2. The minimum atomic E-state index is -1.08. The van der Waals surface area contributed by atoms with Gasteiger partial charge in [0.2, 0.25) is 0 Å². The molecule has 0 heterocycles. The lowest BCUT2D eigenvalue weighted by molar-refractivity contribution is -0.299. The highest BCUT2D eigenvalue weighted by molar-refractivity contribution is 5.83. The van der Waals surface area contributed by atoms with Crippen molar-refractivity contribution >= 4 is 5.97 Å². The van der Waals surface area contributed by atoms with Crippen LogP contribution in [-0.2, 0) is 4.79 Å². The molecule has 0 aromatic rings. The summed E-state index contributed by atoms with van der Waals surface area (Å²) in [5, 5.41) is 9.91. The molecule has 8 N–H and O–H groups in total. The van der Waals surface area contributed by atoms with Crippen LogP contribution in [0.25, 0.3) is 0 Å². The van der Waals surface area contributed by atoms with E-state index in [1.165, 1.54) is 6.92 Å². The zero-order chi connectivity index (χ0) is 6.57. The van der Waals surface area contributed by atoms with E-state index in [9.17, 15) is 9.90 Å². The Bertz CT molecular complexity index is 126. The van der Waals surface area contributed by atoms with Crippen LogP contribution in [-0.4, -0.2) is 5.97 Å². The fourth-order valence-electron chi connectivity index (χ4n) is 0.390. The van der Waals surface area contributed by atoms with Gasteiger partial charge in [-0.2, -0.15) is 0 Å². The van der Waals surface area contributed by atoms with E-state index in [2.05, 4.69) is 0 Å². The lowest BCUT2D eigenvalue weighted by Crippen LogP contribution is -3.00. The Labute approximate surface area is 73.3 Å². The largest absolute Gasteiger partial charge is 1.00 e. The van der Waals surface area contributed by atoms with Gasteiger partial charge in [0.25, 0.3) is 0 Å². The zero-order valence-electron chi connectivity index (χ0n) is 7.48. The Morgan fingerprint density at radius 1 is 1.45 bits per heavy atom. The Balaban J connectivity index is -0.0000000817. The standard InChI is InChI=1S/C6H10O2.ClH.2H3N/c1-3-4-5(2)6(7)8;;;/h4H,3H2,1-2H3,(H,7,8);1H;2*1H3. The minimum absolute atomic E-state index is 0. The number of carboxylic acid groups (broad SMARTS) is 1. The summed E-state index contributed by atoms with van der Waals surface area (Å²) in [4.78, 5) is 9.91. The van der Waals surface area contributed by atoms with Gasteiger partial charge in [-0.05, 0) is 18.9 Å². The molecule has 0 saturated heterocycles. The predicted molar refractivity (Wildman–Crippen MR) is 41.0 cm³/mol. The topological polar surface area (TPSA) is 113 Å². The van der Waals surface area contributed by atoms with Crippen LogP contribution in [0.5, 0.6) is 0 Å². The first-order chi connectivity index (χ1) is 3.68. The number of carbonyl (C=O) groups is 1. The van der Waals surface area contributed by atoms with Crippen molar-refractivity contribution in [1.82, 2.24) is 12.3 Å². The number of quaternary nitrogens is 2. The molecule has 0 amide bonds. The maximum absolute atomic E-state index is 9.91. The highest BCUT2D eigenvalue weighted by atomic mass is 35.5. The van der Waals surface area contributed by atoms with Gasteiger partial charge in [0.05, 0.1) is 5.97 Å². The van der Waals surface area contributed by atoms with Crippen LogP contribution in [0.2, 0.25) is 0 Å². The third-order valence-electron chi connectivity index (χ3n) is 0.832. The second-order valence-corrected chi connectivity index (χ2v) is 1.58. The minimum Gasteiger partial charge on any atom is -1.00 e. The van der Waals surface area contributed by atoms with Crippen LogP contribution in [0, 0.1) is 0 Å². The summed E-state index contributed by atoms with van der Waals surface area (Å²) >= 11 is 0.